The number of hydrogen-bond donors (Lipinski definition) is 0. The minimum absolute atomic E-state index is 1.20. The normalized spacial score (nSPS) is 11.6. The van der Waals surface area contributed by atoms with E-state index in [1.807, 2.05) is 11.3 Å². The molecule has 0 saturated carbocycles. The molecule has 0 aliphatic heterocycles. The second-order valence-electron chi connectivity index (χ2n) is 7.04. The van der Waals surface area contributed by atoms with Crippen molar-refractivity contribution in [2.24, 2.45) is 0 Å². The van der Waals surface area contributed by atoms with Gasteiger partial charge in [-0.25, -0.2) is 0 Å². The van der Waals surface area contributed by atoms with Crippen molar-refractivity contribution in [2.75, 3.05) is 0 Å². The van der Waals surface area contributed by atoms with Crippen LogP contribution in [0.3, 0.4) is 0 Å². The molecular formula is C26H17NS. The molecule has 0 bridgehead atoms. The molecule has 6 aromatic rings. The van der Waals surface area contributed by atoms with E-state index in [-0.39, 0.29) is 0 Å². The first-order chi connectivity index (χ1) is 13.9. The summed E-state index contributed by atoms with van der Waals surface area (Å²) < 4.78 is 3.74. The Balaban J connectivity index is 1.75. The first kappa shape index (κ1) is 15.7. The van der Waals surface area contributed by atoms with Crippen LogP contribution in [-0.2, 0) is 0 Å². The summed E-state index contributed by atoms with van der Waals surface area (Å²) in [5, 5.41) is 3.98. The Morgan fingerprint density at radius 2 is 1.32 bits per heavy atom. The quantitative estimate of drug-likeness (QED) is 0.293. The molecule has 0 radical (unpaired) electrons. The molecule has 0 spiro atoms. The van der Waals surface area contributed by atoms with E-state index in [0.717, 1.165) is 0 Å². The van der Waals surface area contributed by atoms with Crippen molar-refractivity contribution in [1.82, 2.24) is 4.57 Å². The number of nitrogens with zero attached hydrogens (tertiary/aromatic N) is 1. The van der Waals surface area contributed by atoms with Gasteiger partial charge in [-0.1, -0.05) is 72.8 Å². The summed E-state index contributed by atoms with van der Waals surface area (Å²) in [5.41, 5.74) is 5.00. The Morgan fingerprint density at radius 3 is 2.14 bits per heavy atom. The summed E-state index contributed by atoms with van der Waals surface area (Å²) in [5.74, 6) is 0. The van der Waals surface area contributed by atoms with E-state index in [2.05, 4.69) is 108 Å². The van der Waals surface area contributed by atoms with E-state index in [1.54, 1.807) is 0 Å². The van der Waals surface area contributed by atoms with Gasteiger partial charge in [0.15, 0.2) is 0 Å². The molecule has 28 heavy (non-hydrogen) atoms. The molecular weight excluding hydrogens is 358 g/mol. The molecule has 0 atom stereocenters. The second kappa shape index (κ2) is 6.08. The summed E-state index contributed by atoms with van der Waals surface area (Å²) in [6, 6.07) is 36.9. The molecule has 132 valence electrons. The fourth-order valence-electron chi connectivity index (χ4n) is 4.15. The minimum Gasteiger partial charge on any atom is -0.309 e. The van der Waals surface area contributed by atoms with Gasteiger partial charge in [-0.2, -0.15) is 0 Å². The molecule has 1 nitrogen and oxygen atoms in total. The van der Waals surface area contributed by atoms with E-state index in [0.29, 0.717) is 0 Å². The number of aromatic nitrogens is 1. The lowest BCUT2D eigenvalue weighted by Crippen LogP contribution is -1.92. The van der Waals surface area contributed by atoms with E-state index >= 15 is 0 Å². The molecule has 2 heteroatoms. The van der Waals surface area contributed by atoms with Crippen molar-refractivity contribution in [3.63, 3.8) is 0 Å². The maximum Gasteiger partial charge on any atom is 0.0555 e. The van der Waals surface area contributed by atoms with Crippen molar-refractivity contribution < 1.29 is 0 Å². The van der Waals surface area contributed by atoms with Crippen LogP contribution in [0, 0.1) is 0 Å². The molecule has 2 aromatic heterocycles. The van der Waals surface area contributed by atoms with Crippen LogP contribution in [0.1, 0.15) is 0 Å². The summed E-state index contributed by atoms with van der Waals surface area (Å²) in [7, 11) is 0. The van der Waals surface area contributed by atoms with Gasteiger partial charge in [-0.15, -0.1) is 11.3 Å². The number of fused-ring (bicyclic) bond motifs is 5. The van der Waals surface area contributed by atoms with Crippen molar-refractivity contribution >= 4 is 43.2 Å². The van der Waals surface area contributed by atoms with Crippen molar-refractivity contribution in [3.8, 4) is 16.1 Å². The summed E-state index contributed by atoms with van der Waals surface area (Å²) in [4.78, 5) is 1.32. The van der Waals surface area contributed by atoms with Crippen molar-refractivity contribution in [1.29, 1.82) is 0 Å². The zero-order valence-electron chi connectivity index (χ0n) is 15.2. The third-order valence-electron chi connectivity index (χ3n) is 5.39. The third kappa shape index (κ3) is 2.25. The molecule has 0 aliphatic carbocycles. The fourth-order valence-corrected chi connectivity index (χ4v) is 5.37. The number of benzene rings is 4. The van der Waals surface area contributed by atoms with Gasteiger partial charge in [0.25, 0.3) is 0 Å². The van der Waals surface area contributed by atoms with Crippen LogP contribution in [0.4, 0.5) is 0 Å². The summed E-state index contributed by atoms with van der Waals surface area (Å²) in [6.07, 6.45) is 0. The maximum absolute atomic E-state index is 2.38. The van der Waals surface area contributed by atoms with Crippen LogP contribution in [0.2, 0.25) is 0 Å². The molecule has 0 amide bonds. The molecule has 0 aliphatic rings. The number of rotatable bonds is 2. The second-order valence-corrected chi connectivity index (χ2v) is 8.10. The Bertz CT molecular complexity index is 1440. The molecule has 0 fully saturated rings. The topological polar surface area (TPSA) is 4.93 Å². The number of thiophene rings is 1. The highest BCUT2D eigenvalue weighted by Crippen LogP contribution is 2.42. The van der Waals surface area contributed by atoms with E-state index in [4.69, 9.17) is 0 Å². The lowest BCUT2D eigenvalue weighted by atomic mass is 10.1. The van der Waals surface area contributed by atoms with Gasteiger partial charge in [-0.05, 0) is 41.3 Å². The van der Waals surface area contributed by atoms with E-state index in [9.17, 15) is 0 Å². The summed E-state index contributed by atoms with van der Waals surface area (Å²) in [6.45, 7) is 0. The van der Waals surface area contributed by atoms with Gasteiger partial charge in [-0.3, -0.25) is 0 Å². The highest BCUT2D eigenvalue weighted by Gasteiger charge is 2.16. The molecule has 6 rings (SSSR count). The van der Waals surface area contributed by atoms with Crippen LogP contribution >= 0.6 is 11.3 Å². The Kier molecular flexibility index (Phi) is 3.40. The largest absolute Gasteiger partial charge is 0.309 e. The first-order valence-electron chi connectivity index (χ1n) is 9.47. The molecule has 0 saturated heterocycles. The van der Waals surface area contributed by atoms with Gasteiger partial charge in [0.05, 0.1) is 11.0 Å². The predicted octanol–water partition coefficient (Wildman–Crippen LogP) is 7.67. The zero-order chi connectivity index (χ0) is 18.5. The Morgan fingerprint density at radius 1 is 0.607 bits per heavy atom. The smallest absolute Gasteiger partial charge is 0.0555 e. The third-order valence-corrected chi connectivity index (χ3v) is 6.61. The fraction of sp³-hybridized carbons (Fsp3) is 0. The van der Waals surface area contributed by atoms with Crippen LogP contribution in [0.15, 0.2) is 103 Å². The minimum atomic E-state index is 1.20. The monoisotopic (exact) mass is 375 g/mol. The van der Waals surface area contributed by atoms with Crippen LogP contribution < -0.4 is 0 Å². The van der Waals surface area contributed by atoms with Gasteiger partial charge in [0, 0.05) is 26.0 Å². The number of hydrogen-bond acceptors (Lipinski definition) is 1. The van der Waals surface area contributed by atoms with Gasteiger partial charge >= 0.3 is 0 Å². The highest BCUT2D eigenvalue weighted by atomic mass is 32.1. The average molecular weight is 375 g/mol. The molecule has 4 aromatic carbocycles. The standard InChI is InChI=1S/C26H17NS/c1-3-9-18(10-4-1)24-17-19-15-16-23-25(26(19)28-24)21-13-7-8-14-22(21)27(23)20-11-5-2-6-12-20/h1-17H. The lowest BCUT2D eigenvalue weighted by Gasteiger charge is -2.07. The number of para-hydroxylation sites is 2. The van der Waals surface area contributed by atoms with Crippen molar-refractivity contribution in [3.05, 3.63) is 103 Å². The summed E-state index contributed by atoms with van der Waals surface area (Å²) >= 11 is 1.89. The van der Waals surface area contributed by atoms with E-state index < -0.39 is 0 Å². The SMILES string of the molecule is c1ccc(-c2cc3ccc4c(c5ccccc5n4-c4ccccc4)c3s2)cc1. The highest BCUT2D eigenvalue weighted by molar-refractivity contribution is 7.23. The Labute approximate surface area is 167 Å². The zero-order valence-corrected chi connectivity index (χ0v) is 16.0. The van der Waals surface area contributed by atoms with Crippen LogP contribution in [0.25, 0.3) is 48.0 Å². The van der Waals surface area contributed by atoms with Crippen molar-refractivity contribution in [2.45, 2.75) is 0 Å². The van der Waals surface area contributed by atoms with Crippen LogP contribution in [0.5, 0.6) is 0 Å². The predicted molar refractivity (Wildman–Crippen MR) is 122 cm³/mol. The van der Waals surface area contributed by atoms with Gasteiger partial charge < -0.3 is 4.57 Å². The Hall–Kier alpha value is -3.36. The first-order valence-corrected chi connectivity index (χ1v) is 10.3. The molecule has 2 heterocycles. The maximum atomic E-state index is 2.38. The molecule has 0 unspecified atom stereocenters. The molecule has 0 N–H and O–H groups in total. The van der Waals surface area contributed by atoms with E-state index in [1.165, 1.54) is 48.0 Å². The van der Waals surface area contributed by atoms with Gasteiger partial charge in [0.1, 0.15) is 0 Å². The van der Waals surface area contributed by atoms with Crippen LogP contribution in [-0.4, -0.2) is 4.57 Å². The van der Waals surface area contributed by atoms with Gasteiger partial charge in [0.2, 0.25) is 0 Å². The lowest BCUT2D eigenvalue weighted by molar-refractivity contribution is 1.18. The average Bonchev–Trinajstić information content (AvgIpc) is 3.34.